The highest BCUT2D eigenvalue weighted by atomic mass is 16.2. The van der Waals surface area contributed by atoms with Crippen LogP contribution in [0, 0.1) is 0 Å². The fourth-order valence-corrected chi connectivity index (χ4v) is 2.10. The van der Waals surface area contributed by atoms with Crippen molar-refractivity contribution in [2.24, 2.45) is 0 Å². The lowest BCUT2D eigenvalue weighted by Gasteiger charge is -2.18. The SMILES string of the molecule is CCCNC(=O)CC[C@H](NC(=O)c1ccccc1)C(=O)NCCC. The van der Waals surface area contributed by atoms with Crippen molar-refractivity contribution in [2.75, 3.05) is 13.1 Å². The third-order valence-corrected chi connectivity index (χ3v) is 3.44. The molecule has 1 atom stereocenters. The van der Waals surface area contributed by atoms with Crippen LogP contribution in [0.5, 0.6) is 0 Å². The molecule has 1 aromatic carbocycles. The van der Waals surface area contributed by atoms with Crippen LogP contribution >= 0.6 is 0 Å². The first-order valence-electron chi connectivity index (χ1n) is 8.48. The van der Waals surface area contributed by atoms with Gasteiger partial charge in [-0.2, -0.15) is 0 Å². The highest BCUT2D eigenvalue weighted by Crippen LogP contribution is 2.03. The summed E-state index contributed by atoms with van der Waals surface area (Å²) in [7, 11) is 0. The van der Waals surface area contributed by atoms with Crippen molar-refractivity contribution in [1.82, 2.24) is 16.0 Å². The van der Waals surface area contributed by atoms with Gasteiger partial charge in [0, 0.05) is 25.1 Å². The third kappa shape index (κ3) is 7.26. The zero-order chi connectivity index (χ0) is 17.8. The predicted octanol–water partition coefficient (Wildman–Crippen LogP) is 1.62. The van der Waals surface area contributed by atoms with Crippen molar-refractivity contribution in [1.29, 1.82) is 0 Å². The molecule has 0 radical (unpaired) electrons. The van der Waals surface area contributed by atoms with E-state index in [1.807, 2.05) is 19.9 Å². The van der Waals surface area contributed by atoms with Crippen molar-refractivity contribution in [3.05, 3.63) is 35.9 Å². The number of carbonyl (C=O) groups is 3. The molecule has 1 aromatic rings. The molecule has 1 rings (SSSR count). The molecule has 0 spiro atoms. The summed E-state index contributed by atoms with van der Waals surface area (Å²) in [5.74, 6) is -0.690. The average Bonchev–Trinajstić information content (AvgIpc) is 2.61. The molecule has 3 amide bonds. The Morgan fingerprint density at radius 3 is 2.21 bits per heavy atom. The molecule has 3 N–H and O–H groups in total. The van der Waals surface area contributed by atoms with Crippen LogP contribution in [0.2, 0.25) is 0 Å². The summed E-state index contributed by atoms with van der Waals surface area (Å²) in [6.07, 6.45) is 2.13. The Morgan fingerprint density at radius 2 is 1.58 bits per heavy atom. The van der Waals surface area contributed by atoms with Gasteiger partial charge in [0.2, 0.25) is 11.8 Å². The Kier molecular flexibility index (Phi) is 9.19. The largest absolute Gasteiger partial charge is 0.356 e. The van der Waals surface area contributed by atoms with Crippen LogP contribution in [0.1, 0.15) is 49.9 Å². The Morgan fingerprint density at radius 1 is 0.958 bits per heavy atom. The molecule has 0 bridgehead atoms. The van der Waals surface area contributed by atoms with Gasteiger partial charge in [-0.05, 0) is 31.4 Å². The minimum atomic E-state index is -0.725. The van der Waals surface area contributed by atoms with E-state index >= 15 is 0 Å². The summed E-state index contributed by atoms with van der Waals surface area (Å²) < 4.78 is 0. The molecular weight excluding hydrogens is 306 g/mol. The van der Waals surface area contributed by atoms with Crippen LogP contribution in [-0.2, 0) is 9.59 Å². The Balaban J connectivity index is 2.65. The molecule has 0 heterocycles. The average molecular weight is 333 g/mol. The topological polar surface area (TPSA) is 87.3 Å². The second-order valence-corrected chi connectivity index (χ2v) is 5.57. The molecule has 0 aliphatic rings. The molecule has 132 valence electrons. The highest BCUT2D eigenvalue weighted by molar-refractivity contribution is 5.97. The molecular formula is C18H27N3O3. The lowest BCUT2D eigenvalue weighted by Crippen LogP contribution is -2.47. The predicted molar refractivity (Wildman–Crippen MR) is 93.5 cm³/mol. The van der Waals surface area contributed by atoms with Crippen molar-refractivity contribution in [2.45, 2.75) is 45.6 Å². The summed E-state index contributed by atoms with van der Waals surface area (Å²) in [6.45, 7) is 5.08. The van der Waals surface area contributed by atoms with Gasteiger partial charge in [-0.1, -0.05) is 32.0 Å². The van der Waals surface area contributed by atoms with Crippen molar-refractivity contribution in [3.8, 4) is 0 Å². The van der Waals surface area contributed by atoms with Gasteiger partial charge in [0.25, 0.3) is 5.91 Å². The molecule has 0 aromatic heterocycles. The van der Waals surface area contributed by atoms with E-state index in [0.717, 1.165) is 12.8 Å². The second kappa shape index (κ2) is 11.2. The fraction of sp³-hybridized carbons (Fsp3) is 0.500. The van der Waals surface area contributed by atoms with Gasteiger partial charge in [-0.3, -0.25) is 14.4 Å². The monoisotopic (exact) mass is 333 g/mol. The van der Waals surface area contributed by atoms with E-state index in [-0.39, 0.29) is 30.6 Å². The van der Waals surface area contributed by atoms with Gasteiger partial charge < -0.3 is 16.0 Å². The molecule has 6 nitrogen and oxygen atoms in total. The van der Waals surface area contributed by atoms with E-state index in [4.69, 9.17) is 0 Å². The molecule has 0 aliphatic heterocycles. The first-order chi connectivity index (χ1) is 11.6. The number of rotatable bonds is 10. The van der Waals surface area contributed by atoms with Crippen LogP contribution in [0.3, 0.4) is 0 Å². The zero-order valence-electron chi connectivity index (χ0n) is 14.4. The maximum absolute atomic E-state index is 12.3. The van der Waals surface area contributed by atoms with Crippen molar-refractivity contribution < 1.29 is 14.4 Å². The molecule has 0 saturated heterocycles. The van der Waals surface area contributed by atoms with E-state index < -0.39 is 6.04 Å². The Labute approximate surface area is 143 Å². The second-order valence-electron chi connectivity index (χ2n) is 5.57. The number of amides is 3. The van der Waals surface area contributed by atoms with Crippen LogP contribution in [0.15, 0.2) is 30.3 Å². The molecule has 24 heavy (non-hydrogen) atoms. The van der Waals surface area contributed by atoms with E-state index in [0.29, 0.717) is 18.7 Å². The van der Waals surface area contributed by atoms with Gasteiger partial charge in [-0.15, -0.1) is 0 Å². The van der Waals surface area contributed by atoms with E-state index in [2.05, 4.69) is 16.0 Å². The Hall–Kier alpha value is -2.37. The standard InChI is InChI=1S/C18H27N3O3/c1-3-12-19-16(22)11-10-15(18(24)20-13-4-2)21-17(23)14-8-6-5-7-9-14/h5-9,15H,3-4,10-13H2,1-2H3,(H,19,22)(H,20,24)(H,21,23)/t15-/m0/s1. The zero-order valence-corrected chi connectivity index (χ0v) is 14.4. The smallest absolute Gasteiger partial charge is 0.251 e. The van der Waals surface area contributed by atoms with E-state index in [9.17, 15) is 14.4 Å². The van der Waals surface area contributed by atoms with Gasteiger partial charge in [0.05, 0.1) is 0 Å². The van der Waals surface area contributed by atoms with Crippen LogP contribution in [0.25, 0.3) is 0 Å². The maximum atomic E-state index is 12.3. The number of nitrogens with one attached hydrogen (secondary N) is 3. The van der Waals surface area contributed by atoms with Crippen LogP contribution < -0.4 is 16.0 Å². The third-order valence-electron chi connectivity index (χ3n) is 3.44. The Bertz CT molecular complexity index is 532. The van der Waals surface area contributed by atoms with Gasteiger partial charge in [-0.25, -0.2) is 0 Å². The van der Waals surface area contributed by atoms with Crippen molar-refractivity contribution in [3.63, 3.8) is 0 Å². The van der Waals surface area contributed by atoms with Crippen molar-refractivity contribution >= 4 is 17.7 Å². The quantitative estimate of drug-likeness (QED) is 0.608. The van der Waals surface area contributed by atoms with Crippen LogP contribution in [0.4, 0.5) is 0 Å². The van der Waals surface area contributed by atoms with E-state index in [1.165, 1.54) is 0 Å². The minimum absolute atomic E-state index is 0.112. The van der Waals surface area contributed by atoms with Gasteiger partial charge in [0.1, 0.15) is 6.04 Å². The lowest BCUT2D eigenvalue weighted by atomic mass is 10.1. The summed E-state index contributed by atoms with van der Waals surface area (Å²) in [4.78, 5) is 36.2. The van der Waals surface area contributed by atoms with E-state index in [1.54, 1.807) is 24.3 Å². The lowest BCUT2D eigenvalue weighted by molar-refractivity contribution is -0.124. The number of carbonyl (C=O) groups excluding carboxylic acids is 3. The maximum Gasteiger partial charge on any atom is 0.251 e. The fourth-order valence-electron chi connectivity index (χ4n) is 2.10. The molecule has 0 saturated carbocycles. The summed E-state index contributed by atoms with van der Waals surface area (Å²) in [6, 6.07) is 7.99. The number of benzene rings is 1. The van der Waals surface area contributed by atoms with Crippen LogP contribution in [-0.4, -0.2) is 36.9 Å². The summed E-state index contributed by atoms with van der Waals surface area (Å²) in [5.41, 5.74) is 0.487. The first kappa shape index (κ1) is 19.7. The highest BCUT2D eigenvalue weighted by Gasteiger charge is 2.21. The normalized spacial score (nSPS) is 11.4. The summed E-state index contributed by atoms with van der Waals surface area (Å²) in [5, 5.41) is 8.26. The molecule has 0 aliphatic carbocycles. The minimum Gasteiger partial charge on any atom is -0.356 e. The number of hydrogen-bond donors (Lipinski definition) is 3. The first-order valence-corrected chi connectivity index (χ1v) is 8.48. The number of hydrogen-bond acceptors (Lipinski definition) is 3. The molecule has 0 fully saturated rings. The summed E-state index contributed by atoms with van der Waals surface area (Å²) >= 11 is 0. The van der Waals surface area contributed by atoms with Gasteiger partial charge >= 0.3 is 0 Å². The van der Waals surface area contributed by atoms with Gasteiger partial charge in [0.15, 0.2) is 0 Å². The molecule has 0 unspecified atom stereocenters. The molecule has 6 heteroatoms.